The summed E-state index contributed by atoms with van der Waals surface area (Å²) < 4.78 is 14.3. The Bertz CT molecular complexity index is 413. The number of rotatable bonds is 8. The maximum atomic E-state index is 14.3. The fourth-order valence-corrected chi connectivity index (χ4v) is 3.25. The first-order chi connectivity index (χ1) is 9.96. The molecule has 0 saturated heterocycles. The summed E-state index contributed by atoms with van der Waals surface area (Å²) in [4.78, 5) is 2.33. The third kappa shape index (κ3) is 4.67. The molecule has 0 fully saturated rings. The average Bonchev–Trinajstić information content (AvgIpc) is 2.43. The topological polar surface area (TPSA) is 29.3 Å². The van der Waals surface area contributed by atoms with E-state index in [1.54, 1.807) is 12.1 Å². The molecule has 0 aliphatic rings. The Morgan fingerprint density at radius 2 is 1.86 bits per heavy atom. The highest BCUT2D eigenvalue weighted by molar-refractivity contribution is 6.31. The molecule has 2 N–H and O–H groups in total. The van der Waals surface area contributed by atoms with Gasteiger partial charge in [-0.1, -0.05) is 45.4 Å². The maximum Gasteiger partial charge on any atom is 0.129 e. The largest absolute Gasteiger partial charge is 0.329 e. The van der Waals surface area contributed by atoms with Gasteiger partial charge in [-0.05, 0) is 30.9 Å². The summed E-state index contributed by atoms with van der Waals surface area (Å²) in [5, 5.41) is 0.463. The fourth-order valence-electron chi connectivity index (χ4n) is 2.96. The molecule has 0 aliphatic heterocycles. The Morgan fingerprint density at radius 1 is 1.24 bits per heavy atom. The number of hydrogen-bond donors (Lipinski definition) is 1. The van der Waals surface area contributed by atoms with Gasteiger partial charge in [-0.2, -0.15) is 0 Å². The summed E-state index contributed by atoms with van der Waals surface area (Å²) >= 11 is 6.25. The first-order valence-corrected chi connectivity index (χ1v) is 8.23. The van der Waals surface area contributed by atoms with E-state index in [0.717, 1.165) is 19.4 Å². The van der Waals surface area contributed by atoms with Crippen LogP contribution in [0.4, 0.5) is 4.39 Å². The monoisotopic (exact) mass is 314 g/mol. The Morgan fingerprint density at radius 3 is 2.29 bits per heavy atom. The molecule has 1 aromatic rings. The van der Waals surface area contributed by atoms with Gasteiger partial charge in [-0.15, -0.1) is 0 Å². The van der Waals surface area contributed by atoms with Gasteiger partial charge in [-0.3, -0.25) is 4.90 Å². The number of hydrogen-bond acceptors (Lipinski definition) is 2. The van der Waals surface area contributed by atoms with Crippen LogP contribution in [0, 0.1) is 11.7 Å². The van der Waals surface area contributed by atoms with Crippen LogP contribution in [-0.2, 0) is 0 Å². The number of nitrogens with two attached hydrogens (primary N) is 1. The average molecular weight is 315 g/mol. The molecule has 0 aromatic heterocycles. The lowest BCUT2D eigenvalue weighted by Gasteiger charge is -2.39. The molecule has 1 rings (SSSR count). The van der Waals surface area contributed by atoms with Gasteiger partial charge in [0.15, 0.2) is 0 Å². The van der Waals surface area contributed by atoms with Crippen molar-refractivity contribution in [3.63, 3.8) is 0 Å². The van der Waals surface area contributed by atoms with Crippen LogP contribution in [0.25, 0.3) is 0 Å². The molecule has 4 heteroatoms. The van der Waals surface area contributed by atoms with Gasteiger partial charge >= 0.3 is 0 Å². The fraction of sp³-hybridized carbons (Fsp3) is 0.647. The first-order valence-electron chi connectivity index (χ1n) is 7.85. The van der Waals surface area contributed by atoms with Gasteiger partial charge in [0.1, 0.15) is 5.82 Å². The molecule has 1 unspecified atom stereocenters. The third-order valence-corrected chi connectivity index (χ3v) is 4.27. The van der Waals surface area contributed by atoms with E-state index in [1.165, 1.54) is 6.07 Å². The van der Waals surface area contributed by atoms with Gasteiger partial charge < -0.3 is 5.73 Å². The molecule has 1 atom stereocenters. The van der Waals surface area contributed by atoms with Crippen LogP contribution in [-0.4, -0.2) is 24.0 Å². The van der Waals surface area contributed by atoms with Crippen LogP contribution < -0.4 is 5.73 Å². The van der Waals surface area contributed by atoms with Gasteiger partial charge in [-0.25, -0.2) is 4.39 Å². The minimum Gasteiger partial charge on any atom is -0.329 e. The predicted octanol–water partition coefficient (Wildman–Crippen LogP) is 4.63. The number of nitrogens with zero attached hydrogens (tertiary/aromatic N) is 1. The van der Waals surface area contributed by atoms with E-state index in [-0.39, 0.29) is 11.9 Å². The Balaban J connectivity index is 3.23. The van der Waals surface area contributed by atoms with Crippen molar-refractivity contribution in [3.8, 4) is 0 Å². The molecule has 0 radical (unpaired) electrons. The molecule has 0 aliphatic carbocycles. The van der Waals surface area contributed by atoms with Crippen LogP contribution in [0.15, 0.2) is 18.2 Å². The van der Waals surface area contributed by atoms with Gasteiger partial charge in [0.2, 0.25) is 0 Å². The van der Waals surface area contributed by atoms with Crippen LogP contribution >= 0.6 is 11.6 Å². The lowest BCUT2D eigenvalue weighted by atomic mass is 9.98. The normalized spacial score (nSPS) is 13.4. The molecule has 0 heterocycles. The molecule has 0 bridgehead atoms. The van der Waals surface area contributed by atoms with E-state index >= 15 is 0 Å². The molecular formula is C17H28ClFN2. The Kier molecular flexibility index (Phi) is 7.64. The first kappa shape index (κ1) is 18.4. The van der Waals surface area contributed by atoms with Crippen molar-refractivity contribution in [2.24, 2.45) is 11.7 Å². The predicted molar refractivity (Wildman–Crippen MR) is 89.1 cm³/mol. The third-order valence-electron chi connectivity index (χ3n) is 3.94. The van der Waals surface area contributed by atoms with Crippen molar-refractivity contribution in [2.45, 2.75) is 52.6 Å². The Hall–Kier alpha value is -0.640. The van der Waals surface area contributed by atoms with Gasteiger partial charge in [0.25, 0.3) is 0 Å². The zero-order valence-electron chi connectivity index (χ0n) is 13.6. The summed E-state index contributed by atoms with van der Waals surface area (Å²) in [5.74, 6) is 0.225. The number of benzene rings is 1. The molecule has 21 heavy (non-hydrogen) atoms. The van der Waals surface area contributed by atoms with Crippen molar-refractivity contribution in [3.05, 3.63) is 34.6 Å². The van der Waals surface area contributed by atoms with E-state index in [2.05, 4.69) is 32.6 Å². The van der Waals surface area contributed by atoms with Gasteiger partial charge in [0, 0.05) is 29.7 Å². The standard InChI is InChI=1S/C17H28ClFN2/c1-5-13(6-2)21(11-12(3)4)16(10-20)17-14(18)8-7-9-15(17)19/h7-9,12-13,16H,5-6,10-11,20H2,1-4H3. The van der Waals surface area contributed by atoms with E-state index in [9.17, 15) is 4.39 Å². The van der Waals surface area contributed by atoms with E-state index in [0.29, 0.717) is 29.1 Å². The van der Waals surface area contributed by atoms with Crippen molar-refractivity contribution >= 4 is 11.6 Å². The van der Waals surface area contributed by atoms with Crippen LogP contribution in [0.2, 0.25) is 5.02 Å². The molecule has 0 saturated carbocycles. The van der Waals surface area contributed by atoms with E-state index < -0.39 is 0 Å². The number of halogens is 2. The summed E-state index contributed by atoms with van der Waals surface area (Å²) in [6.07, 6.45) is 2.04. The summed E-state index contributed by atoms with van der Waals surface area (Å²) in [6, 6.07) is 5.05. The van der Waals surface area contributed by atoms with E-state index in [1.807, 2.05) is 0 Å². The zero-order valence-corrected chi connectivity index (χ0v) is 14.3. The molecule has 120 valence electrons. The highest BCUT2D eigenvalue weighted by Crippen LogP contribution is 2.32. The van der Waals surface area contributed by atoms with Crippen LogP contribution in [0.3, 0.4) is 0 Å². The molecule has 0 amide bonds. The van der Waals surface area contributed by atoms with E-state index in [4.69, 9.17) is 17.3 Å². The Labute approximate surface area is 133 Å². The SMILES string of the molecule is CCC(CC)N(CC(C)C)C(CN)c1c(F)cccc1Cl. The van der Waals surface area contributed by atoms with Crippen molar-refractivity contribution in [1.82, 2.24) is 4.90 Å². The molecule has 1 aromatic carbocycles. The summed E-state index contributed by atoms with van der Waals surface area (Å²) in [6.45, 7) is 9.93. The maximum absolute atomic E-state index is 14.3. The lowest BCUT2D eigenvalue weighted by Crippen LogP contribution is -2.43. The second-order valence-electron chi connectivity index (χ2n) is 5.95. The van der Waals surface area contributed by atoms with Crippen molar-refractivity contribution in [2.75, 3.05) is 13.1 Å². The lowest BCUT2D eigenvalue weighted by molar-refractivity contribution is 0.110. The quantitative estimate of drug-likeness (QED) is 0.758. The highest BCUT2D eigenvalue weighted by Gasteiger charge is 2.28. The van der Waals surface area contributed by atoms with Crippen molar-refractivity contribution < 1.29 is 4.39 Å². The minimum atomic E-state index is -0.266. The zero-order chi connectivity index (χ0) is 16.0. The minimum absolute atomic E-state index is 0.175. The van der Waals surface area contributed by atoms with Crippen LogP contribution in [0.5, 0.6) is 0 Å². The molecular weight excluding hydrogens is 287 g/mol. The second-order valence-corrected chi connectivity index (χ2v) is 6.35. The van der Waals surface area contributed by atoms with Crippen LogP contribution in [0.1, 0.15) is 52.1 Å². The van der Waals surface area contributed by atoms with Gasteiger partial charge in [0.05, 0.1) is 6.04 Å². The summed E-state index contributed by atoms with van der Waals surface area (Å²) in [7, 11) is 0. The highest BCUT2D eigenvalue weighted by atomic mass is 35.5. The second kappa shape index (κ2) is 8.72. The summed E-state index contributed by atoms with van der Waals surface area (Å²) in [5.41, 5.74) is 6.54. The van der Waals surface area contributed by atoms with Crippen molar-refractivity contribution in [1.29, 1.82) is 0 Å². The molecule has 2 nitrogen and oxygen atoms in total. The smallest absolute Gasteiger partial charge is 0.129 e. The molecule has 0 spiro atoms.